The van der Waals surface area contributed by atoms with Crippen LogP contribution >= 0.6 is 0 Å². The van der Waals surface area contributed by atoms with E-state index in [0.29, 0.717) is 0 Å². The lowest BCUT2D eigenvalue weighted by Crippen LogP contribution is -2.11. The standard InChI is InChI=1S/C15H15NO3/c1-17-12-4-2-3-10(7-12)15(16)11-5-6-13-14(8-11)19-9-18-13/h2-8,15H,9,16H2,1H3. The fraction of sp³-hybridized carbons (Fsp3) is 0.200. The third-order valence-corrected chi connectivity index (χ3v) is 3.21. The zero-order valence-corrected chi connectivity index (χ0v) is 10.6. The van der Waals surface area contributed by atoms with Gasteiger partial charge in [-0.3, -0.25) is 0 Å². The molecular weight excluding hydrogens is 242 g/mol. The molecule has 0 fully saturated rings. The van der Waals surface area contributed by atoms with E-state index < -0.39 is 0 Å². The van der Waals surface area contributed by atoms with E-state index in [1.54, 1.807) is 7.11 Å². The lowest BCUT2D eigenvalue weighted by atomic mass is 9.99. The molecule has 2 aromatic rings. The van der Waals surface area contributed by atoms with Crippen LogP contribution in [0.3, 0.4) is 0 Å². The van der Waals surface area contributed by atoms with Crippen LogP contribution in [0.5, 0.6) is 17.2 Å². The van der Waals surface area contributed by atoms with Gasteiger partial charge in [-0.05, 0) is 35.4 Å². The van der Waals surface area contributed by atoms with Gasteiger partial charge in [-0.2, -0.15) is 0 Å². The molecule has 0 saturated heterocycles. The summed E-state index contributed by atoms with van der Waals surface area (Å²) in [6, 6.07) is 13.3. The van der Waals surface area contributed by atoms with Crippen molar-refractivity contribution in [2.75, 3.05) is 13.9 Å². The van der Waals surface area contributed by atoms with E-state index in [0.717, 1.165) is 28.4 Å². The van der Waals surface area contributed by atoms with Gasteiger partial charge >= 0.3 is 0 Å². The van der Waals surface area contributed by atoms with Crippen molar-refractivity contribution in [1.29, 1.82) is 0 Å². The quantitative estimate of drug-likeness (QED) is 0.917. The maximum Gasteiger partial charge on any atom is 0.231 e. The summed E-state index contributed by atoms with van der Waals surface area (Å²) >= 11 is 0. The van der Waals surface area contributed by atoms with Crippen molar-refractivity contribution >= 4 is 0 Å². The van der Waals surface area contributed by atoms with Gasteiger partial charge in [0.1, 0.15) is 5.75 Å². The van der Waals surface area contributed by atoms with Crippen LogP contribution in [0.4, 0.5) is 0 Å². The number of benzene rings is 2. The number of hydrogen-bond acceptors (Lipinski definition) is 4. The molecule has 1 unspecified atom stereocenters. The molecule has 1 atom stereocenters. The summed E-state index contributed by atoms with van der Waals surface area (Å²) in [6.45, 7) is 0.271. The molecule has 4 nitrogen and oxygen atoms in total. The first-order chi connectivity index (χ1) is 9.28. The highest BCUT2D eigenvalue weighted by Gasteiger charge is 2.17. The third-order valence-electron chi connectivity index (χ3n) is 3.21. The van der Waals surface area contributed by atoms with Gasteiger partial charge in [0, 0.05) is 0 Å². The summed E-state index contributed by atoms with van der Waals surface area (Å²) in [4.78, 5) is 0. The lowest BCUT2D eigenvalue weighted by molar-refractivity contribution is 0.174. The van der Waals surface area contributed by atoms with E-state index in [4.69, 9.17) is 19.9 Å². The van der Waals surface area contributed by atoms with Crippen LogP contribution in [0.1, 0.15) is 17.2 Å². The summed E-state index contributed by atoms with van der Waals surface area (Å²) in [6.07, 6.45) is 0. The van der Waals surface area contributed by atoms with Crippen LogP contribution in [0.25, 0.3) is 0 Å². The molecule has 19 heavy (non-hydrogen) atoms. The average Bonchev–Trinajstić information content (AvgIpc) is 2.94. The van der Waals surface area contributed by atoms with Gasteiger partial charge < -0.3 is 19.9 Å². The molecule has 1 aliphatic rings. The minimum Gasteiger partial charge on any atom is -0.497 e. The first-order valence-corrected chi connectivity index (χ1v) is 6.07. The van der Waals surface area contributed by atoms with E-state index in [9.17, 15) is 0 Å². The molecule has 2 N–H and O–H groups in total. The molecule has 4 heteroatoms. The van der Waals surface area contributed by atoms with E-state index in [2.05, 4.69) is 0 Å². The maximum absolute atomic E-state index is 6.28. The van der Waals surface area contributed by atoms with Gasteiger partial charge in [0.25, 0.3) is 0 Å². The van der Waals surface area contributed by atoms with E-state index in [1.807, 2.05) is 42.5 Å². The van der Waals surface area contributed by atoms with Crippen LogP contribution in [0, 0.1) is 0 Å². The molecule has 1 aliphatic heterocycles. The summed E-state index contributed by atoms with van der Waals surface area (Å²) < 4.78 is 15.9. The van der Waals surface area contributed by atoms with Crippen LogP contribution in [0.2, 0.25) is 0 Å². The van der Waals surface area contributed by atoms with Crippen LogP contribution in [0.15, 0.2) is 42.5 Å². The highest BCUT2D eigenvalue weighted by Crippen LogP contribution is 2.35. The molecule has 0 saturated carbocycles. The Labute approximate surface area is 111 Å². The van der Waals surface area contributed by atoms with E-state index in [1.165, 1.54) is 0 Å². The zero-order chi connectivity index (χ0) is 13.2. The van der Waals surface area contributed by atoms with Gasteiger partial charge in [0.2, 0.25) is 6.79 Å². The number of ether oxygens (including phenoxy) is 3. The minimum atomic E-state index is -0.218. The normalized spacial score (nSPS) is 14.2. The molecule has 0 aliphatic carbocycles. The molecule has 0 spiro atoms. The first kappa shape index (κ1) is 11.9. The van der Waals surface area contributed by atoms with Crippen LogP contribution in [-0.4, -0.2) is 13.9 Å². The number of hydrogen-bond donors (Lipinski definition) is 1. The summed E-state index contributed by atoms with van der Waals surface area (Å²) in [7, 11) is 1.64. The van der Waals surface area contributed by atoms with Gasteiger partial charge in [0.05, 0.1) is 13.2 Å². The molecule has 1 heterocycles. The first-order valence-electron chi connectivity index (χ1n) is 6.07. The Bertz CT molecular complexity index is 598. The van der Waals surface area contributed by atoms with Crippen LogP contribution < -0.4 is 19.9 Å². The number of nitrogens with two attached hydrogens (primary N) is 1. The van der Waals surface area contributed by atoms with E-state index >= 15 is 0 Å². The second-order valence-electron chi connectivity index (χ2n) is 4.37. The molecule has 0 radical (unpaired) electrons. The monoisotopic (exact) mass is 257 g/mol. The minimum absolute atomic E-state index is 0.218. The molecule has 0 bridgehead atoms. The Morgan fingerprint density at radius 1 is 1.05 bits per heavy atom. The predicted molar refractivity (Wildman–Crippen MR) is 71.6 cm³/mol. The van der Waals surface area contributed by atoms with Crippen molar-refractivity contribution in [3.8, 4) is 17.2 Å². The van der Waals surface area contributed by atoms with Crippen molar-refractivity contribution in [2.45, 2.75) is 6.04 Å². The van der Waals surface area contributed by atoms with Crippen molar-refractivity contribution in [2.24, 2.45) is 5.73 Å². The number of fused-ring (bicyclic) bond motifs is 1. The highest BCUT2D eigenvalue weighted by atomic mass is 16.7. The topological polar surface area (TPSA) is 53.7 Å². The van der Waals surface area contributed by atoms with Gasteiger partial charge in [-0.25, -0.2) is 0 Å². The second kappa shape index (κ2) is 4.82. The summed E-state index contributed by atoms with van der Waals surface area (Å²) in [5.74, 6) is 2.31. The van der Waals surface area contributed by atoms with Crippen molar-refractivity contribution < 1.29 is 14.2 Å². The second-order valence-corrected chi connectivity index (χ2v) is 4.37. The molecular formula is C15H15NO3. The fourth-order valence-corrected chi connectivity index (χ4v) is 2.13. The van der Waals surface area contributed by atoms with Gasteiger partial charge in [-0.1, -0.05) is 18.2 Å². The molecule has 98 valence electrons. The molecule has 0 amide bonds. The molecule has 3 rings (SSSR count). The van der Waals surface area contributed by atoms with E-state index in [-0.39, 0.29) is 12.8 Å². The number of methoxy groups -OCH3 is 1. The SMILES string of the molecule is COc1cccc(C(N)c2ccc3c(c2)OCO3)c1. The molecule has 0 aromatic heterocycles. The van der Waals surface area contributed by atoms with Crippen molar-refractivity contribution in [3.63, 3.8) is 0 Å². The number of rotatable bonds is 3. The Morgan fingerprint density at radius 2 is 1.84 bits per heavy atom. The highest BCUT2D eigenvalue weighted by molar-refractivity contribution is 5.47. The lowest BCUT2D eigenvalue weighted by Gasteiger charge is -2.14. The largest absolute Gasteiger partial charge is 0.497 e. The summed E-state index contributed by atoms with van der Waals surface area (Å²) in [5.41, 5.74) is 8.26. The molecule has 2 aromatic carbocycles. The fourth-order valence-electron chi connectivity index (χ4n) is 2.13. The zero-order valence-electron chi connectivity index (χ0n) is 10.6. The Kier molecular flexibility index (Phi) is 3.01. The van der Waals surface area contributed by atoms with Gasteiger partial charge in [-0.15, -0.1) is 0 Å². The maximum atomic E-state index is 6.28. The Balaban J connectivity index is 1.92. The Hall–Kier alpha value is -2.20. The van der Waals surface area contributed by atoms with Gasteiger partial charge in [0.15, 0.2) is 11.5 Å². The van der Waals surface area contributed by atoms with Crippen molar-refractivity contribution in [1.82, 2.24) is 0 Å². The average molecular weight is 257 g/mol. The third kappa shape index (κ3) is 2.22. The van der Waals surface area contributed by atoms with Crippen molar-refractivity contribution in [3.05, 3.63) is 53.6 Å². The predicted octanol–water partition coefficient (Wildman–Crippen LogP) is 2.47. The Morgan fingerprint density at radius 3 is 2.68 bits per heavy atom. The summed E-state index contributed by atoms with van der Waals surface area (Å²) in [5, 5.41) is 0. The smallest absolute Gasteiger partial charge is 0.231 e. The van der Waals surface area contributed by atoms with Crippen LogP contribution in [-0.2, 0) is 0 Å².